The molecule has 1 N–H and O–H groups in total. The van der Waals surface area contributed by atoms with E-state index in [0.717, 1.165) is 19.4 Å². The predicted molar refractivity (Wildman–Crippen MR) is 64.4 cm³/mol. The minimum absolute atomic E-state index is 0.0528. The zero-order valence-electron chi connectivity index (χ0n) is 10.4. The summed E-state index contributed by atoms with van der Waals surface area (Å²) in [7, 11) is 0. The number of hydrogen-bond donors (Lipinski definition) is 1. The first-order valence-electron chi connectivity index (χ1n) is 5.76. The lowest BCUT2D eigenvalue weighted by Gasteiger charge is -2.31. The third kappa shape index (κ3) is 2.09. The summed E-state index contributed by atoms with van der Waals surface area (Å²) in [6.45, 7) is 6.95. The van der Waals surface area contributed by atoms with Crippen molar-refractivity contribution in [2.75, 3.05) is 11.4 Å². The highest BCUT2D eigenvalue weighted by atomic mass is 16.4. The fraction of sp³-hybridized carbons (Fsp3) is 0.583. The Hall–Kier alpha value is -1.65. The fourth-order valence-electron chi connectivity index (χ4n) is 2.27. The van der Waals surface area contributed by atoms with Crippen LogP contribution in [-0.2, 0) is 0 Å². The van der Waals surface area contributed by atoms with Gasteiger partial charge in [0.2, 0.25) is 5.95 Å². The van der Waals surface area contributed by atoms with Crippen molar-refractivity contribution in [1.29, 1.82) is 0 Å². The van der Waals surface area contributed by atoms with Gasteiger partial charge in [0, 0.05) is 18.3 Å². The molecule has 1 fully saturated rings. The lowest BCUT2D eigenvalue weighted by molar-refractivity contribution is 0.0695. The molecule has 0 aromatic carbocycles. The van der Waals surface area contributed by atoms with Crippen LogP contribution in [-0.4, -0.2) is 33.1 Å². The molecule has 5 heteroatoms. The van der Waals surface area contributed by atoms with Crippen LogP contribution < -0.4 is 4.90 Å². The van der Waals surface area contributed by atoms with Crippen LogP contribution in [0.2, 0.25) is 0 Å². The highest BCUT2D eigenvalue weighted by Crippen LogP contribution is 2.31. The van der Waals surface area contributed by atoms with Gasteiger partial charge in [-0.25, -0.2) is 14.8 Å². The molecule has 17 heavy (non-hydrogen) atoms. The molecule has 92 valence electrons. The molecule has 1 aliphatic rings. The fourth-order valence-corrected chi connectivity index (χ4v) is 2.27. The van der Waals surface area contributed by atoms with E-state index in [-0.39, 0.29) is 11.1 Å². The Labute approximate surface area is 100 Å². The van der Waals surface area contributed by atoms with Crippen LogP contribution in [0, 0.1) is 6.92 Å². The molecule has 0 radical (unpaired) electrons. The second-order valence-corrected chi connectivity index (χ2v) is 5.04. The number of aromatic carboxylic acids is 1. The minimum atomic E-state index is -0.977. The Kier molecular flexibility index (Phi) is 2.77. The van der Waals surface area contributed by atoms with E-state index in [1.807, 2.05) is 0 Å². The number of aryl methyl sites for hydroxylation is 1. The van der Waals surface area contributed by atoms with Crippen LogP contribution in [0.15, 0.2) is 6.20 Å². The Bertz CT molecular complexity index is 457. The molecule has 0 unspecified atom stereocenters. The summed E-state index contributed by atoms with van der Waals surface area (Å²) < 4.78 is 0. The molecule has 0 amide bonds. The Morgan fingerprint density at radius 2 is 2.24 bits per heavy atom. The van der Waals surface area contributed by atoms with Gasteiger partial charge in [-0.3, -0.25) is 0 Å². The third-order valence-corrected chi connectivity index (χ3v) is 3.34. The molecule has 1 aromatic rings. The smallest absolute Gasteiger partial charge is 0.339 e. The molecule has 0 saturated carbocycles. The first kappa shape index (κ1) is 11.8. The van der Waals surface area contributed by atoms with E-state index >= 15 is 0 Å². The van der Waals surface area contributed by atoms with Crippen LogP contribution >= 0.6 is 0 Å². The van der Waals surface area contributed by atoms with Crippen molar-refractivity contribution < 1.29 is 9.90 Å². The lowest BCUT2D eigenvalue weighted by Crippen LogP contribution is -2.39. The largest absolute Gasteiger partial charge is 0.478 e. The number of aromatic nitrogens is 2. The average Bonchev–Trinajstić information content (AvgIpc) is 2.57. The molecule has 0 aliphatic carbocycles. The van der Waals surface area contributed by atoms with E-state index in [9.17, 15) is 4.79 Å². The predicted octanol–water partition coefficient (Wildman–Crippen LogP) is 1.86. The molecular formula is C12H17N3O2. The maximum absolute atomic E-state index is 10.9. The van der Waals surface area contributed by atoms with E-state index in [4.69, 9.17) is 5.11 Å². The van der Waals surface area contributed by atoms with Gasteiger partial charge < -0.3 is 10.0 Å². The Morgan fingerprint density at radius 1 is 1.53 bits per heavy atom. The van der Waals surface area contributed by atoms with Crippen molar-refractivity contribution in [2.45, 2.75) is 39.2 Å². The van der Waals surface area contributed by atoms with Crippen molar-refractivity contribution >= 4 is 11.9 Å². The molecule has 0 atom stereocenters. The molecular weight excluding hydrogens is 218 g/mol. The molecule has 0 bridgehead atoms. The summed E-state index contributed by atoms with van der Waals surface area (Å²) in [5.41, 5.74) is 0.743. The minimum Gasteiger partial charge on any atom is -0.478 e. The quantitative estimate of drug-likeness (QED) is 0.847. The Morgan fingerprint density at radius 3 is 2.71 bits per heavy atom. The van der Waals surface area contributed by atoms with Crippen LogP contribution in [0.4, 0.5) is 5.95 Å². The first-order valence-corrected chi connectivity index (χ1v) is 5.76. The van der Waals surface area contributed by atoms with E-state index in [1.165, 1.54) is 6.20 Å². The van der Waals surface area contributed by atoms with E-state index in [2.05, 4.69) is 28.7 Å². The first-order chi connectivity index (χ1) is 7.92. The number of rotatable bonds is 2. The maximum atomic E-state index is 10.9. The third-order valence-electron chi connectivity index (χ3n) is 3.34. The van der Waals surface area contributed by atoms with Gasteiger partial charge in [-0.2, -0.15) is 0 Å². The monoisotopic (exact) mass is 235 g/mol. The van der Waals surface area contributed by atoms with Gasteiger partial charge in [-0.15, -0.1) is 0 Å². The summed E-state index contributed by atoms with van der Waals surface area (Å²) in [5, 5.41) is 8.93. The number of carboxylic acid groups (broad SMARTS) is 1. The van der Waals surface area contributed by atoms with Crippen LogP contribution in [0.25, 0.3) is 0 Å². The highest BCUT2D eigenvalue weighted by Gasteiger charge is 2.33. The van der Waals surface area contributed by atoms with Crippen molar-refractivity contribution in [1.82, 2.24) is 9.97 Å². The number of hydrogen-bond acceptors (Lipinski definition) is 4. The van der Waals surface area contributed by atoms with E-state index < -0.39 is 5.97 Å². The van der Waals surface area contributed by atoms with Crippen molar-refractivity contribution in [3.63, 3.8) is 0 Å². The van der Waals surface area contributed by atoms with Gasteiger partial charge >= 0.3 is 5.97 Å². The van der Waals surface area contributed by atoms with E-state index in [1.54, 1.807) is 6.92 Å². The number of anilines is 1. The van der Waals surface area contributed by atoms with Crippen LogP contribution in [0.3, 0.4) is 0 Å². The SMILES string of the molecule is Cc1nc(N2CCCC2(C)C)ncc1C(=O)O. The Balaban J connectivity index is 2.35. The number of carboxylic acids is 1. The standard InChI is InChI=1S/C12H17N3O2/c1-8-9(10(16)17)7-13-11(14-8)15-6-4-5-12(15,2)3/h7H,4-6H2,1-3H3,(H,16,17). The molecule has 2 rings (SSSR count). The van der Waals surface area contributed by atoms with Gasteiger partial charge in [0.1, 0.15) is 0 Å². The number of carbonyl (C=O) groups is 1. The van der Waals surface area contributed by atoms with Crippen LogP contribution in [0.1, 0.15) is 42.7 Å². The van der Waals surface area contributed by atoms with Gasteiger partial charge in [0.15, 0.2) is 0 Å². The van der Waals surface area contributed by atoms with Crippen molar-refractivity contribution in [3.05, 3.63) is 17.5 Å². The highest BCUT2D eigenvalue weighted by molar-refractivity contribution is 5.88. The summed E-state index contributed by atoms with van der Waals surface area (Å²) >= 11 is 0. The molecule has 1 saturated heterocycles. The summed E-state index contributed by atoms with van der Waals surface area (Å²) in [6.07, 6.45) is 3.63. The van der Waals surface area contributed by atoms with Gasteiger partial charge in [0.25, 0.3) is 0 Å². The second-order valence-electron chi connectivity index (χ2n) is 5.04. The maximum Gasteiger partial charge on any atom is 0.339 e. The second kappa shape index (κ2) is 3.98. The van der Waals surface area contributed by atoms with Gasteiger partial charge in [0.05, 0.1) is 11.3 Å². The lowest BCUT2D eigenvalue weighted by atomic mass is 10.0. The molecule has 1 aliphatic heterocycles. The van der Waals surface area contributed by atoms with Crippen LogP contribution in [0.5, 0.6) is 0 Å². The number of nitrogens with zero attached hydrogens (tertiary/aromatic N) is 3. The molecule has 2 heterocycles. The molecule has 5 nitrogen and oxygen atoms in total. The molecule has 0 spiro atoms. The summed E-state index contributed by atoms with van der Waals surface area (Å²) in [5.74, 6) is -0.343. The van der Waals surface area contributed by atoms with Crippen molar-refractivity contribution in [2.24, 2.45) is 0 Å². The normalized spacial score (nSPS) is 18.4. The average molecular weight is 235 g/mol. The topological polar surface area (TPSA) is 66.3 Å². The van der Waals surface area contributed by atoms with Crippen molar-refractivity contribution in [3.8, 4) is 0 Å². The summed E-state index contributed by atoms with van der Waals surface area (Å²) in [4.78, 5) is 21.5. The van der Waals surface area contributed by atoms with Gasteiger partial charge in [-0.1, -0.05) is 0 Å². The zero-order valence-corrected chi connectivity index (χ0v) is 10.4. The van der Waals surface area contributed by atoms with E-state index in [0.29, 0.717) is 11.6 Å². The van der Waals surface area contributed by atoms with Gasteiger partial charge in [-0.05, 0) is 33.6 Å². The molecule has 1 aromatic heterocycles. The summed E-state index contributed by atoms with van der Waals surface area (Å²) in [6, 6.07) is 0. The zero-order chi connectivity index (χ0) is 12.6.